The summed E-state index contributed by atoms with van der Waals surface area (Å²) in [5.41, 5.74) is 0.851. The third kappa shape index (κ3) is 9.38. The molecule has 3 heterocycles. The Morgan fingerprint density at radius 3 is 2.49 bits per heavy atom. The number of allylic oxidation sites excluding steroid dienone is 2. The van der Waals surface area contributed by atoms with Crippen molar-refractivity contribution < 1.29 is 32.3 Å². The normalized spacial score (nSPS) is 27.6. The van der Waals surface area contributed by atoms with Gasteiger partial charge in [-0.25, -0.2) is 13.4 Å². The van der Waals surface area contributed by atoms with Gasteiger partial charge in [-0.2, -0.15) is 0 Å². The standard InChI is InChI=1S/C38H45N3O6S2.C2H3ClO/c1-37(20-21-37)49(45,46)40-35(44)38-23-28(38)15-9-4-2-3-8-14-27(19-18-26-12-6-5-7-13-26)34(43)41-25-29(22-31(41)32(42)24-38)47-36-39-30-16-10-11-17-33(30)48-36;1-2(3)4/h5-7,9-13,15-17,27-29,31H,2-4,8,14,18-25H2,1H3,(H,40,44);1H3/b15-9-;/t27-,28-,29-,31+,38-;/m1./s1. The van der Waals surface area contributed by atoms with Crippen LogP contribution in [0.2, 0.25) is 0 Å². The lowest BCUT2D eigenvalue weighted by Crippen LogP contribution is -2.47. The molecule has 1 aromatic heterocycles. The maximum atomic E-state index is 14.5. The van der Waals surface area contributed by atoms with E-state index in [0.29, 0.717) is 37.3 Å². The number of halogens is 1. The second-order valence-corrected chi connectivity index (χ2v) is 18.9. The summed E-state index contributed by atoms with van der Waals surface area (Å²) in [6.45, 7) is 3.19. The third-order valence-corrected chi connectivity index (χ3v) is 14.2. The molecule has 2 aromatic carbocycles. The van der Waals surface area contributed by atoms with Gasteiger partial charge >= 0.3 is 0 Å². The molecule has 3 aromatic rings. The number of para-hydroxylation sites is 1. The highest BCUT2D eigenvalue weighted by Crippen LogP contribution is 2.57. The van der Waals surface area contributed by atoms with Crippen molar-refractivity contribution in [2.24, 2.45) is 17.3 Å². The molecule has 3 fully saturated rings. The molecule has 10 nitrogen and oxygen atoms in total. The molecule has 2 aliphatic carbocycles. The average molecular weight is 782 g/mol. The number of ether oxygens (including phenoxy) is 1. The number of benzene rings is 2. The topological polar surface area (TPSA) is 140 Å². The van der Waals surface area contributed by atoms with Crippen LogP contribution in [0.15, 0.2) is 66.7 Å². The SMILES string of the molecule is CC(=O)Cl.CC1(S(=O)(=O)NC(=O)[C@]23CC(=O)[C@@H]4C[C@@H](Oc5nc6ccccc6s5)CN4C(=O)[C@@H](CCc4ccccc4)CCCCC/C=C\[C@@H]2C3)CC1. The van der Waals surface area contributed by atoms with Gasteiger partial charge in [0.25, 0.3) is 5.19 Å². The predicted molar refractivity (Wildman–Crippen MR) is 206 cm³/mol. The summed E-state index contributed by atoms with van der Waals surface area (Å²) in [7, 11) is -3.87. The molecular weight excluding hydrogens is 734 g/mol. The van der Waals surface area contributed by atoms with Crippen molar-refractivity contribution in [2.75, 3.05) is 6.54 Å². The number of fused-ring (bicyclic) bond motifs is 3. The Bertz CT molecular complexity index is 1930. The fraction of sp³-hybridized carbons (Fsp3) is 0.525. The minimum absolute atomic E-state index is 0.0484. The molecule has 4 aliphatic rings. The van der Waals surface area contributed by atoms with Crippen LogP contribution in [0.3, 0.4) is 0 Å². The van der Waals surface area contributed by atoms with Gasteiger partial charge in [-0.05, 0) is 93.5 Å². The van der Waals surface area contributed by atoms with E-state index < -0.39 is 38.2 Å². The van der Waals surface area contributed by atoms with Crippen molar-refractivity contribution in [1.82, 2.24) is 14.6 Å². The van der Waals surface area contributed by atoms with Crippen molar-refractivity contribution in [3.63, 3.8) is 0 Å². The van der Waals surface area contributed by atoms with Crippen LogP contribution in [0.4, 0.5) is 0 Å². The number of sulfonamides is 1. The molecule has 5 atom stereocenters. The van der Waals surface area contributed by atoms with Crippen molar-refractivity contribution in [1.29, 1.82) is 0 Å². The van der Waals surface area contributed by atoms with Crippen LogP contribution in [0, 0.1) is 17.3 Å². The van der Waals surface area contributed by atoms with Gasteiger partial charge < -0.3 is 9.64 Å². The Hall–Kier alpha value is -3.61. The molecule has 13 heteroatoms. The summed E-state index contributed by atoms with van der Waals surface area (Å²) in [6, 6.07) is 17.2. The number of nitrogens with zero attached hydrogens (tertiary/aromatic N) is 2. The van der Waals surface area contributed by atoms with Gasteiger partial charge in [0.05, 0.1) is 33.0 Å². The third-order valence-electron chi connectivity index (χ3n) is 11.1. The highest BCUT2D eigenvalue weighted by molar-refractivity contribution is 7.91. The number of carbonyl (C=O) groups is 4. The molecular formula is C40H48ClN3O7S2. The molecule has 0 spiro atoms. The van der Waals surface area contributed by atoms with Gasteiger partial charge in [-0.15, -0.1) is 0 Å². The number of thiazole rings is 1. The summed E-state index contributed by atoms with van der Waals surface area (Å²) in [4.78, 5) is 58.3. The zero-order chi connectivity index (χ0) is 37.8. The maximum Gasteiger partial charge on any atom is 0.274 e. The summed E-state index contributed by atoms with van der Waals surface area (Å²) in [6.07, 6.45) is 11.0. The molecule has 284 valence electrons. The lowest BCUT2D eigenvalue weighted by molar-refractivity contribution is -0.142. The largest absolute Gasteiger partial charge is 0.465 e. The van der Waals surface area contributed by atoms with E-state index in [-0.39, 0.29) is 41.7 Å². The average Bonchev–Trinajstić information content (AvgIpc) is 3.93. The van der Waals surface area contributed by atoms with E-state index in [1.807, 2.05) is 48.5 Å². The van der Waals surface area contributed by atoms with E-state index in [9.17, 15) is 27.6 Å². The van der Waals surface area contributed by atoms with E-state index in [1.165, 1.54) is 23.8 Å². The highest BCUT2D eigenvalue weighted by atomic mass is 35.5. The molecule has 0 bridgehead atoms. The second-order valence-electron chi connectivity index (χ2n) is 15.2. The quantitative estimate of drug-likeness (QED) is 0.188. The predicted octanol–water partition coefficient (Wildman–Crippen LogP) is 7.15. The Labute approximate surface area is 320 Å². The molecule has 53 heavy (non-hydrogen) atoms. The van der Waals surface area contributed by atoms with Gasteiger partial charge in [-0.3, -0.25) is 23.9 Å². The first kappa shape index (κ1) is 39.1. The summed E-state index contributed by atoms with van der Waals surface area (Å²) in [5.74, 6) is -1.36. The number of hydrogen-bond donors (Lipinski definition) is 1. The molecule has 2 amide bonds. The van der Waals surface area contributed by atoms with E-state index in [0.717, 1.165) is 48.7 Å². The van der Waals surface area contributed by atoms with Crippen molar-refractivity contribution in [3.05, 3.63) is 72.3 Å². The van der Waals surface area contributed by atoms with Crippen LogP contribution in [0.1, 0.15) is 90.0 Å². The van der Waals surface area contributed by atoms with Crippen molar-refractivity contribution in [2.45, 2.75) is 108 Å². The van der Waals surface area contributed by atoms with Gasteiger partial charge in [-0.1, -0.05) is 78.8 Å². The minimum atomic E-state index is -3.87. The molecule has 7 rings (SSSR count). The number of aryl methyl sites for hydroxylation is 1. The first-order valence-electron chi connectivity index (χ1n) is 18.6. The Kier molecular flexibility index (Phi) is 12.1. The van der Waals surface area contributed by atoms with Crippen LogP contribution < -0.4 is 9.46 Å². The lowest BCUT2D eigenvalue weighted by Gasteiger charge is -2.29. The Morgan fingerprint density at radius 1 is 1.06 bits per heavy atom. The maximum absolute atomic E-state index is 14.5. The molecule has 2 aliphatic heterocycles. The van der Waals surface area contributed by atoms with Crippen LogP contribution in [-0.4, -0.2) is 64.6 Å². The first-order valence-corrected chi connectivity index (χ1v) is 21.3. The molecule has 1 saturated heterocycles. The van der Waals surface area contributed by atoms with Gasteiger partial charge in [0.1, 0.15) is 6.10 Å². The smallest absolute Gasteiger partial charge is 0.274 e. The fourth-order valence-electron chi connectivity index (χ4n) is 7.53. The summed E-state index contributed by atoms with van der Waals surface area (Å²) < 4.78 is 35.0. The van der Waals surface area contributed by atoms with Gasteiger partial charge in [0.15, 0.2) is 5.78 Å². The molecule has 2 saturated carbocycles. The fourth-order valence-corrected chi connectivity index (χ4v) is 9.74. The van der Waals surface area contributed by atoms with Crippen LogP contribution in [0.25, 0.3) is 10.2 Å². The van der Waals surface area contributed by atoms with Gasteiger partial charge in [0, 0.05) is 25.7 Å². The molecule has 1 N–H and O–H groups in total. The zero-order valence-electron chi connectivity index (χ0n) is 30.3. The van der Waals surface area contributed by atoms with Crippen LogP contribution >= 0.6 is 22.9 Å². The number of amides is 2. The zero-order valence-corrected chi connectivity index (χ0v) is 32.7. The van der Waals surface area contributed by atoms with Gasteiger partial charge in [0.2, 0.25) is 27.1 Å². The number of ketones is 1. The van der Waals surface area contributed by atoms with Crippen LogP contribution in [0.5, 0.6) is 5.19 Å². The first-order chi connectivity index (χ1) is 25.3. The summed E-state index contributed by atoms with van der Waals surface area (Å²) in [5, 5.41) is 0.136. The monoisotopic (exact) mass is 781 g/mol. The highest BCUT2D eigenvalue weighted by Gasteiger charge is 2.62. The van der Waals surface area contributed by atoms with Crippen molar-refractivity contribution in [3.8, 4) is 5.19 Å². The molecule has 0 radical (unpaired) electrons. The lowest BCUT2D eigenvalue weighted by atomic mass is 9.90. The number of Topliss-reactive ketones (excluding diaryl/α,β-unsaturated/α-hetero) is 1. The second kappa shape index (κ2) is 16.4. The number of carbonyl (C=O) groups excluding carboxylic acids is 4. The summed E-state index contributed by atoms with van der Waals surface area (Å²) >= 11 is 6.07. The molecule has 0 unspecified atom stereocenters. The number of aromatic nitrogens is 1. The Balaban J connectivity index is 0.00000114. The van der Waals surface area contributed by atoms with Crippen molar-refractivity contribution >= 4 is 66.0 Å². The van der Waals surface area contributed by atoms with E-state index in [2.05, 4.69) is 39.5 Å². The Morgan fingerprint density at radius 2 is 1.77 bits per heavy atom. The number of hydrogen-bond acceptors (Lipinski definition) is 9. The van der Waals surface area contributed by atoms with Crippen LogP contribution in [-0.2, 0) is 35.6 Å². The van der Waals surface area contributed by atoms with E-state index in [4.69, 9.17) is 4.74 Å². The number of rotatable bonds is 8. The minimum Gasteiger partial charge on any atom is -0.465 e. The van der Waals surface area contributed by atoms with E-state index in [1.54, 1.807) is 11.8 Å². The number of nitrogens with one attached hydrogen (secondary N) is 1. The van der Waals surface area contributed by atoms with E-state index >= 15 is 0 Å².